The van der Waals surface area contributed by atoms with Gasteiger partial charge < -0.3 is 10.1 Å². The molecular weight excluding hydrogens is 370 g/mol. The lowest BCUT2D eigenvalue weighted by molar-refractivity contribution is -0.118. The number of aromatic nitrogens is 6. The summed E-state index contributed by atoms with van der Waals surface area (Å²) in [5.74, 6) is -0.00124. The van der Waals surface area contributed by atoms with Crippen LogP contribution in [0.15, 0.2) is 34.2 Å². The first-order valence-electron chi connectivity index (χ1n) is 8.19. The number of tetrazole rings is 1. The second-order valence-electron chi connectivity index (χ2n) is 5.66. The molecule has 0 fully saturated rings. The average molecular weight is 389 g/mol. The molecule has 10 nitrogen and oxygen atoms in total. The van der Waals surface area contributed by atoms with Gasteiger partial charge in [-0.05, 0) is 16.5 Å². The van der Waals surface area contributed by atoms with E-state index in [1.54, 1.807) is 26.3 Å². The van der Waals surface area contributed by atoms with Gasteiger partial charge in [0.2, 0.25) is 11.1 Å². The van der Waals surface area contributed by atoms with E-state index in [2.05, 4.69) is 25.9 Å². The van der Waals surface area contributed by atoms with Crippen LogP contribution < -0.4 is 10.9 Å². The summed E-state index contributed by atoms with van der Waals surface area (Å²) in [6.07, 6.45) is 0. The maximum Gasteiger partial charge on any atom is 0.274 e. The molecule has 142 valence electrons. The number of nitrogens with one attached hydrogen (secondary N) is 1. The number of rotatable bonds is 8. The molecule has 27 heavy (non-hydrogen) atoms. The van der Waals surface area contributed by atoms with Crippen molar-refractivity contribution in [2.75, 3.05) is 19.5 Å². The number of hydrogen-bond acceptors (Lipinski definition) is 8. The summed E-state index contributed by atoms with van der Waals surface area (Å²) in [6, 6.07) is 7.22. The number of methoxy groups -OCH3 is 1. The van der Waals surface area contributed by atoms with Gasteiger partial charge in [0.15, 0.2) is 0 Å². The van der Waals surface area contributed by atoms with Crippen molar-refractivity contribution in [2.24, 2.45) is 7.05 Å². The fourth-order valence-electron chi connectivity index (χ4n) is 2.47. The number of ether oxygens (including phenoxy) is 1. The molecule has 3 rings (SSSR count). The number of carbonyl (C=O) groups is 1. The highest BCUT2D eigenvalue weighted by Gasteiger charge is 2.12. The van der Waals surface area contributed by atoms with Crippen LogP contribution in [0.1, 0.15) is 5.69 Å². The van der Waals surface area contributed by atoms with Gasteiger partial charge in [0, 0.05) is 19.5 Å². The molecule has 0 aliphatic heterocycles. The minimum absolute atomic E-state index is 0.176. The summed E-state index contributed by atoms with van der Waals surface area (Å²) in [7, 11) is 3.27. The maximum atomic E-state index is 12.5. The summed E-state index contributed by atoms with van der Waals surface area (Å²) < 4.78 is 7.90. The van der Waals surface area contributed by atoms with Gasteiger partial charge in [0.1, 0.15) is 0 Å². The Labute approximate surface area is 158 Å². The molecule has 2 heterocycles. The molecule has 0 saturated carbocycles. The van der Waals surface area contributed by atoms with Gasteiger partial charge in [-0.2, -0.15) is 5.10 Å². The average Bonchev–Trinajstić information content (AvgIpc) is 3.10. The normalized spacial score (nSPS) is 11.0. The summed E-state index contributed by atoms with van der Waals surface area (Å²) in [5, 5.41) is 20.1. The summed E-state index contributed by atoms with van der Waals surface area (Å²) in [4.78, 5) is 24.7. The molecule has 0 saturated heterocycles. The molecule has 3 aromatic rings. The first-order chi connectivity index (χ1) is 13.1. The van der Waals surface area contributed by atoms with Crippen LogP contribution in [-0.2, 0) is 29.7 Å². The van der Waals surface area contributed by atoms with Crippen LogP contribution in [0.25, 0.3) is 10.8 Å². The number of carbonyl (C=O) groups excluding carboxylic acids is 1. The van der Waals surface area contributed by atoms with Crippen LogP contribution in [0.2, 0.25) is 0 Å². The predicted octanol–water partition coefficient (Wildman–Crippen LogP) is -0.0251. The van der Waals surface area contributed by atoms with Crippen molar-refractivity contribution >= 4 is 28.4 Å². The quantitative estimate of drug-likeness (QED) is 0.534. The first-order valence-corrected chi connectivity index (χ1v) is 9.18. The molecule has 0 spiro atoms. The van der Waals surface area contributed by atoms with E-state index >= 15 is 0 Å². The van der Waals surface area contributed by atoms with Gasteiger partial charge in [-0.3, -0.25) is 9.59 Å². The fraction of sp³-hybridized carbons (Fsp3) is 0.375. The van der Waals surface area contributed by atoms with E-state index in [9.17, 15) is 9.59 Å². The number of thioether (sulfide) groups is 1. The largest absolute Gasteiger partial charge is 0.383 e. The smallest absolute Gasteiger partial charge is 0.274 e. The maximum absolute atomic E-state index is 12.5. The van der Waals surface area contributed by atoms with Crippen molar-refractivity contribution in [1.29, 1.82) is 0 Å². The Bertz CT molecular complexity index is 1000. The SMILES string of the molecule is COCCn1nc(CNC(=O)CSc2nnnn2C)c2ccccc2c1=O. The van der Waals surface area contributed by atoms with Crippen molar-refractivity contribution in [3.05, 3.63) is 40.3 Å². The molecule has 1 N–H and O–H groups in total. The van der Waals surface area contributed by atoms with Gasteiger partial charge in [0.05, 0.1) is 36.5 Å². The van der Waals surface area contributed by atoms with Crippen LogP contribution in [0.5, 0.6) is 0 Å². The van der Waals surface area contributed by atoms with Gasteiger partial charge >= 0.3 is 0 Å². The topological polar surface area (TPSA) is 117 Å². The highest BCUT2D eigenvalue weighted by Crippen LogP contribution is 2.14. The van der Waals surface area contributed by atoms with E-state index in [-0.39, 0.29) is 23.8 Å². The molecule has 0 aliphatic rings. The van der Waals surface area contributed by atoms with E-state index in [0.29, 0.717) is 29.4 Å². The molecule has 0 atom stereocenters. The predicted molar refractivity (Wildman–Crippen MR) is 99.2 cm³/mol. The molecule has 1 amide bonds. The highest BCUT2D eigenvalue weighted by atomic mass is 32.2. The summed E-state index contributed by atoms with van der Waals surface area (Å²) in [6.45, 7) is 0.930. The molecule has 1 aromatic carbocycles. The Morgan fingerprint density at radius 1 is 1.30 bits per heavy atom. The zero-order valence-electron chi connectivity index (χ0n) is 15.0. The number of benzene rings is 1. The molecule has 0 radical (unpaired) electrons. The van der Waals surface area contributed by atoms with Gasteiger partial charge in [-0.1, -0.05) is 30.0 Å². The molecule has 0 bridgehead atoms. The van der Waals surface area contributed by atoms with Crippen molar-refractivity contribution in [1.82, 2.24) is 35.3 Å². The second kappa shape index (κ2) is 8.73. The molecular formula is C16H19N7O3S. The van der Waals surface area contributed by atoms with Gasteiger partial charge in [0.25, 0.3) is 5.56 Å². The van der Waals surface area contributed by atoms with Crippen LogP contribution in [-0.4, -0.2) is 55.4 Å². The Morgan fingerprint density at radius 2 is 2.07 bits per heavy atom. The first kappa shape index (κ1) is 19.0. The van der Waals surface area contributed by atoms with E-state index in [1.165, 1.54) is 21.1 Å². The Kier molecular flexibility index (Phi) is 6.14. The lowest BCUT2D eigenvalue weighted by Gasteiger charge is -2.11. The highest BCUT2D eigenvalue weighted by molar-refractivity contribution is 7.99. The Morgan fingerprint density at radius 3 is 2.78 bits per heavy atom. The van der Waals surface area contributed by atoms with E-state index in [1.807, 2.05) is 12.1 Å². The monoisotopic (exact) mass is 389 g/mol. The third kappa shape index (κ3) is 4.49. The molecule has 2 aromatic heterocycles. The number of nitrogens with zero attached hydrogens (tertiary/aromatic N) is 6. The number of hydrogen-bond donors (Lipinski definition) is 1. The molecule has 11 heteroatoms. The third-order valence-electron chi connectivity index (χ3n) is 3.82. The summed E-state index contributed by atoms with van der Waals surface area (Å²) >= 11 is 1.24. The zero-order chi connectivity index (χ0) is 19.2. The molecule has 0 unspecified atom stereocenters. The minimum atomic E-state index is -0.178. The Hall–Kier alpha value is -2.79. The van der Waals surface area contributed by atoms with Crippen LogP contribution >= 0.6 is 11.8 Å². The van der Waals surface area contributed by atoms with Crippen LogP contribution in [0.4, 0.5) is 0 Å². The van der Waals surface area contributed by atoms with Crippen LogP contribution in [0.3, 0.4) is 0 Å². The van der Waals surface area contributed by atoms with Crippen LogP contribution in [0, 0.1) is 0 Å². The second-order valence-corrected chi connectivity index (χ2v) is 6.61. The zero-order valence-corrected chi connectivity index (χ0v) is 15.8. The number of amides is 1. The van der Waals surface area contributed by atoms with Gasteiger partial charge in [-0.15, -0.1) is 5.10 Å². The minimum Gasteiger partial charge on any atom is -0.383 e. The van der Waals surface area contributed by atoms with Crippen molar-refractivity contribution in [3.63, 3.8) is 0 Å². The standard InChI is InChI=1S/C16H19N7O3S/c1-22-16(18-20-21-22)27-10-14(24)17-9-13-11-5-3-4-6-12(11)15(25)23(19-13)7-8-26-2/h3-6H,7-10H2,1-2H3,(H,17,24). The number of fused-ring (bicyclic) bond motifs is 1. The van der Waals surface area contributed by atoms with E-state index in [4.69, 9.17) is 4.74 Å². The summed E-state index contributed by atoms with van der Waals surface area (Å²) in [5.41, 5.74) is 0.447. The third-order valence-corrected chi connectivity index (χ3v) is 4.83. The molecule has 0 aliphatic carbocycles. The van der Waals surface area contributed by atoms with Crippen molar-refractivity contribution in [2.45, 2.75) is 18.2 Å². The van der Waals surface area contributed by atoms with E-state index in [0.717, 1.165) is 5.39 Å². The van der Waals surface area contributed by atoms with Crippen molar-refractivity contribution < 1.29 is 9.53 Å². The van der Waals surface area contributed by atoms with Gasteiger partial charge in [-0.25, -0.2) is 9.36 Å². The fourth-order valence-corrected chi connectivity index (χ4v) is 3.15. The van der Waals surface area contributed by atoms with Crippen molar-refractivity contribution in [3.8, 4) is 0 Å². The number of aryl methyl sites for hydroxylation is 1. The Balaban J connectivity index is 1.73. The lowest BCUT2D eigenvalue weighted by atomic mass is 10.1. The van der Waals surface area contributed by atoms with E-state index < -0.39 is 0 Å². The lowest BCUT2D eigenvalue weighted by Crippen LogP contribution is -2.30.